The molecule has 3 rings (SSSR count). The van der Waals surface area contributed by atoms with Crippen LogP contribution in [0.25, 0.3) is 0 Å². The molecule has 1 saturated carbocycles. The first-order valence-corrected chi connectivity index (χ1v) is 9.22. The number of methoxy groups -OCH3 is 1. The van der Waals surface area contributed by atoms with Gasteiger partial charge in [0.1, 0.15) is 12.4 Å². The van der Waals surface area contributed by atoms with Crippen molar-refractivity contribution in [3.05, 3.63) is 11.6 Å². The number of aromatic nitrogens is 3. The Kier molecular flexibility index (Phi) is 5.71. The molecule has 0 spiro atoms. The van der Waals surface area contributed by atoms with E-state index >= 15 is 0 Å². The van der Waals surface area contributed by atoms with Gasteiger partial charge in [-0.15, -0.1) is 0 Å². The average Bonchev–Trinajstić information content (AvgIpc) is 3.15. The van der Waals surface area contributed by atoms with Gasteiger partial charge in [-0.1, -0.05) is 13.3 Å². The predicted molar refractivity (Wildman–Crippen MR) is 93.9 cm³/mol. The van der Waals surface area contributed by atoms with Gasteiger partial charge in [0.15, 0.2) is 11.8 Å². The molecule has 2 heterocycles. The zero-order valence-corrected chi connectivity index (χ0v) is 15.1. The van der Waals surface area contributed by atoms with Crippen molar-refractivity contribution in [1.29, 1.82) is 0 Å². The lowest BCUT2D eigenvalue weighted by molar-refractivity contribution is 0.177. The van der Waals surface area contributed by atoms with Crippen LogP contribution in [0.1, 0.15) is 51.2 Å². The summed E-state index contributed by atoms with van der Waals surface area (Å²) in [5.41, 5.74) is 0. The first-order valence-electron chi connectivity index (χ1n) is 9.22. The third-order valence-corrected chi connectivity index (χ3v) is 4.74. The predicted octanol–water partition coefficient (Wildman–Crippen LogP) is 1.48. The standard InChI is InChI=1S/C17H30N6O/c1-4-6-12-9-14(12)20-17(18-5-2)19-13-7-8-16-21-15(11-24-3)22-23(16)10-13/h12-14H,4-11H2,1-3H3,(H2,18,19,20). The van der Waals surface area contributed by atoms with Crippen LogP contribution >= 0.6 is 0 Å². The molecule has 3 atom stereocenters. The topological polar surface area (TPSA) is 76.4 Å². The zero-order valence-electron chi connectivity index (χ0n) is 15.1. The number of hydrogen-bond donors (Lipinski definition) is 2. The van der Waals surface area contributed by atoms with Gasteiger partial charge in [-0.3, -0.25) is 4.99 Å². The summed E-state index contributed by atoms with van der Waals surface area (Å²) in [5, 5.41) is 11.7. The Morgan fingerprint density at radius 3 is 3.00 bits per heavy atom. The SMILES string of the molecule is CCCC1CC1NC(=NCC)NC1CCc2nc(COC)nn2C1. The normalized spacial score (nSPS) is 26.1. The van der Waals surface area contributed by atoms with Crippen LogP contribution in [0.2, 0.25) is 0 Å². The fourth-order valence-corrected chi connectivity index (χ4v) is 3.44. The number of fused-ring (bicyclic) bond motifs is 1. The second-order valence-electron chi connectivity index (χ2n) is 6.80. The van der Waals surface area contributed by atoms with E-state index < -0.39 is 0 Å². The number of guanidine groups is 1. The number of ether oxygens (including phenoxy) is 1. The van der Waals surface area contributed by atoms with Crippen molar-refractivity contribution in [3.63, 3.8) is 0 Å². The van der Waals surface area contributed by atoms with Crippen molar-refractivity contribution < 1.29 is 4.74 Å². The third-order valence-electron chi connectivity index (χ3n) is 4.74. The summed E-state index contributed by atoms with van der Waals surface area (Å²) in [6.07, 6.45) is 5.84. The Hall–Kier alpha value is -1.63. The van der Waals surface area contributed by atoms with Crippen molar-refractivity contribution in [3.8, 4) is 0 Å². The maximum Gasteiger partial charge on any atom is 0.191 e. The van der Waals surface area contributed by atoms with E-state index in [1.807, 2.05) is 4.68 Å². The second kappa shape index (κ2) is 7.96. The van der Waals surface area contributed by atoms with Gasteiger partial charge in [-0.2, -0.15) is 5.10 Å². The highest BCUT2D eigenvalue weighted by atomic mass is 16.5. The number of nitrogens with one attached hydrogen (secondary N) is 2. The van der Waals surface area contributed by atoms with Gasteiger partial charge in [0.05, 0.1) is 6.54 Å². The lowest BCUT2D eigenvalue weighted by Gasteiger charge is -2.25. The number of nitrogens with zero attached hydrogens (tertiary/aromatic N) is 4. The van der Waals surface area contributed by atoms with Crippen LogP contribution in [-0.2, 0) is 24.3 Å². The first-order chi connectivity index (χ1) is 11.7. The number of rotatable bonds is 7. The average molecular weight is 334 g/mol. The lowest BCUT2D eigenvalue weighted by atomic mass is 10.1. The number of hydrogen-bond acceptors (Lipinski definition) is 4. The number of aryl methyl sites for hydroxylation is 1. The largest absolute Gasteiger partial charge is 0.377 e. The molecule has 0 bridgehead atoms. The van der Waals surface area contributed by atoms with Gasteiger partial charge >= 0.3 is 0 Å². The number of aliphatic imine (C=N–C) groups is 1. The Balaban J connectivity index is 1.55. The molecule has 0 amide bonds. The molecule has 24 heavy (non-hydrogen) atoms. The smallest absolute Gasteiger partial charge is 0.191 e. The Morgan fingerprint density at radius 1 is 1.38 bits per heavy atom. The van der Waals surface area contributed by atoms with E-state index in [0.29, 0.717) is 18.7 Å². The van der Waals surface area contributed by atoms with Crippen LogP contribution in [0, 0.1) is 5.92 Å². The van der Waals surface area contributed by atoms with Crippen molar-refractivity contribution in [1.82, 2.24) is 25.4 Å². The summed E-state index contributed by atoms with van der Waals surface area (Å²) in [6, 6.07) is 0.942. The molecular weight excluding hydrogens is 304 g/mol. The molecule has 1 aliphatic heterocycles. The molecule has 3 unspecified atom stereocenters. The Labute approximate surface area is 144 Å². The van der Waals surface area contributed by atoms with Crippen molar-refractivity contribution in [2.75, 3.05) is 13.7 Å². The fourth-order valence-electron chi connectivity index (χ4n) is 3.44. The Bertz CT molecular complexity index is 569. The molecule has 2 N–H and O–H groups in total. The van der Waals surface area contributed by atoms with Gasteiger partial charge < -0.3 is 15.4 Å². The molecule has 0 saturated heterocycles. The van der Waals surface area contributed by atoms with E-state index in [0.717, 1.165) is 49.5 Å². The minimum Gasteiger partial charge on any atom is -0.377 e. The van der Waals surface area contributed by atoms with Crippen molar-refractivity contribution in [2.24, 2.45) is 10.9 Å². The van der Waals surface area contributed by atoms with E-state index in [4.69, 9.17) is 4.74 Å². The van der Waals surface area contributed by atoms with Crippen LogP contribution in [0.3, 0.4) is 0 Å². The Morgan fingerprint density at radius 2 is 2.25 bits per heavy atom. The van der Waals surface area contributed by atoms with E-state index in [1.54, 1.807) is 7.11 Å². The molecular formula is C17H30N6O. The summed E-state index contributed by atoms with van der Waals surface area (Å²) in [4.78, 5) is 9.15. The van der Waals surface area contributed by atoms with E-state index in [2.05, 4.69) is 39.6 Å². The molecule has 2 aliphatic rings. The minimum atomic E-state index is 0.343. The van der Waals surface area contributed by atoms with Gasteiger partial charge in [-0.25, -0.2) is 9.67 Å². The zero-order chi connectivity index (χ0) is 16.9. The quantitative estimate of drug-likeness (QED) is 0.583. The highest BCUT2D eigenvalue weighted by molar-refractivity contribution is 5.80. The van der Waals surface area contributed by atoms with E-state index in [-0.39, 0.29) is 0 Å². The highest BCUT2D eigenvalue weighted by Gasteiger charge is 2.37. The van der Waals surface area contributed by atoms with Crippen LogP contribution in [-0.4, -0.2) is 46.5 Å². The van der Waals surface area contributed by atoms with Crippen LogP contribution in [0.15, 0.2) is 4.99 Å². The highest BCUT2D eigenvalue weighted by Crippen LogP contribution is 2.34. The maximum atomic E-state index is 5.13. The molecule has 1 aromatic rings. The van der Waals surface area contributed by atoms with Crippen LogP contribution in [0.5, 0.6) is 0 Å². The third kappa shape index (κ3) is 4.26. The molecule has 7 nitrogen and oxygen atoms in total. The van der Waals surface area contributed by atoms with E-state index in [1.165, 1.54) is 19.3 Å². The monoisotopic (exact) mass is 334 g/mol. The summed E-state index contributed by atoms with van der Waals surface area (Å²) in [5.74, 6) is 3.61. The van der Waals surface area contributed by atoms with Gasteiger partial charge in [-0.05, 0) is 32.1 Å². The van der Waals surface area contributed by atoms with Crippen LogP contribution < -0.4 is 10.6 Å². The summed E-state index contributed by atoms with van der Waals surface area (Å²) >= 11 is 0. The van der Waals surface area contributed by atoms with Gasteiger partial charge in [0.2, 0.25) is 0 Å². The molecule has 1 aliphatic carbocycles. The lowest BCUT2D eigenvalue weighted by Crippen LogP contribution is -2.48. The maximum absolute atomic E-state index is 5.13. The summed E-state index contributed by atoms with van der Waals surface area (Å²) in [6.45, 7) is 6.43. The molecule has 1 fully saturated rings. The van der Waals surface area contributed by atoms with Crippen LogP contribution in [0.4, 0.5) is 0 Å². The molecule has 134 valence electrons. The van der Waals surface area contributed by atoms with Crippen molar-refractivity contribution in [2.45, 2.75) is 71.2 Å². The van der Waals surface area contributed by atoms with Crippen molar-refractivity contribution >= 4 is 5.96 Å². The summed E-state index contributed by atoms with van der Waals surface area (Å²) in [7, 11) is 1.67. The van der Waals surface area contributed by atoms with Gasteiger partial charge in [0, 0.05) is 32.2 Å². The molecule has 7 heteroatoms. The minimum absolute atomic E-state index is 0.343. The molecule has 0 radical (unpaired) electrons. The first kappa shape index (κ1) is 17.2. The molecule has 1 aromatic heterocycles. The summed E-state index contributed by atoms with van der Waals surface area (Å²) < 4.78 is 7.14. The molecule has 0 aromatic carbocycles. The second-order valence-corrected chi connectivity index (χ2v) is 6.80. The van der Waals surface area contributed by atoms with Gasteiger partial charge in [0.25, 0.3) is 0 Å². The van der Waals surface area contributed by atoms with E-state index in [9.17, 15) is 0 Å². The fraction of sp³-hybridized carbons (Fsp3) is 0.824.